The predicted molar refractivity (Wildman–Crippen MR) is 104 cm³/mol. The van der Waals surface area contributed by atoms with Crippen molar-refractivity contribution < 1.29 is 27.9 Å². The summed E-state index contributed by atoms with van der Waals surface area (Å²) >= 11 is 0. The van der Waals surface area contributed by atoms with Gasteiger partial charge in [0.1, 0.15) is 0 Å². The molecule has 2 aliphatic rings. The van der Waals surface area contributed by atoms with Gasteiger partial charge in [0.2, 0.25) is 5.95 Å². The number of hydrogen-bond donors (Lipinski definition) is 1. The molecule has 31 heavy (non-hydrogen) atoms. The lowest BCUT2D eigenvalue weighted by Gasteiger charge is -2.25. The molecule has 2 atom stereocenters. The number of carboxylic acids is 1. The Kier molecular flexibility index (Phi) is 6.46. The quantitative estimate of drug-likeness (QED) is 0.777. The standard InChI is InChI=1S/C17H22N6O.C2HF3O2/c1-3-12-8-18-17(19-9-12)23-7-5-14-15(23)4-6-22(14)16(24)13-10-20-21(2)11-13;3-2(4,5)1(6)7/h8-11,14-15H,3-7H2,1-2H3;(H,6,7)/t14-,15+;/m0./s1. The number of alkyl halides is 3. The van der Waals surface area contributed by atoms with E-state index in [9.17, 15) is 18.0 Å². The second-order valence-corrected chi connectivity index (χ2v) is 7.35. The Morgan fingerprint density at radius 3 is 2.26 bits per heavy atom. The number of aryl methyl sites for hydroxylation is 2. The van der Waals surface area contributed by atoms with E-state index in [0.717, 1.165) is 43.9 Å². The summed E-state index contributed by atoms with van der Waals surface area (Å²) in [5.41, 5.74) is 1.81. The van der Waals surface area contributed by atoms with E-state index in [2.05, 4.69) is 26.9 Å². The van der Waals surface area contributed by atoms with Crippen LogP contribution in [0.15, 0.2) is 24.8 Å². The van der Waals surface area contributed by atoms with Gasteiger partial charge in [0.15, 0.2) is 0 Å². The Bertz CT molecular complexity index is 931. The summed E-state index contributed by atoms with van der Waals surface area (Å²) in [5, 5.41) is 11.2. The summed E-state index contributed by atoms with van der Waals surface area (Å²) in [7, 11) is 1.83. The molecule has 0 saturated carbocycles. The minimum atomic E-state index is -5.08. The van der Waals surface area contributed by atoms with Gasteiger partial charge in [-0.2, -0.15) is 18.3 Å². The molecule has 2 saturated heterocycles. The highest BCUT2D eigenvalue weighted by Gasteiger charge is 2.45. The van der Waals surface area contributed by atoms with E-state index in [1.54, 1.807) is 17.1 Å². The van der Waals surface area contributed by atoms with Gasteiger partial charge in [-0.15, -0.1) is 0 Å². The molecular formula is C19H23F3N6O3. The number of aromatic nitrogens is 4. The molecule has 2 aromatic heterocycles. The van der Waals surface area contributed by atoms with E-state index >= 15 is 0 Å². The third kappa shape index (κ3) is 4.94. The van der Waals surface area contributed by atoms with Crippen LogP contribution in [0.3, 0.4) is 0 Å². The van der Waals surface area contributed by atoms with Crippen LogP contribution in [0.4, 0.5) is 19.1 Å². The van der Waals surface area contributed by atoms with Crippen LogP contribution in [-0.4, -0.2) is 73.0 Å². The number of likely N-dealkylation sites (tertiary alicyclic amines) is 1. The van der Waals surface area contributed by atoms with Crippen molar-refractivity contribution in [2.75, 3.05) is 18.0 Å². The average Bonchev–Trinajstić information content (AvgIpc) is 3.43. The molecule has 0 spiro atoms. The van der Waals surface area contributed by atoms with Gasteiger partial charge in [0, 0.05) is 38.7 Å². The highest BCUT2D eigenvalue weighted by atomic mass is 19.4. The SMILES string of the molecule is CCc1cnc(N2CC[C@H]3[C@H]2CCN3C(=O)c2cnn(C)c2)nc1.O=C(O)C(F)(F)F. The topological polar surface area (TPSA) is 104 Å². The molecule has 2 aromatic rings. The molecule has 0 radical (unpaired) electrons. The number of amides is 1. The van der Waals surface area contributed by atoms with Crippen LogP contribution in [0.2, 0.25) is 0 Å². The zero-order valence-corrected chi connectivity index (χ0v) is 17.1. The van der Waals surface area contributed by atoms with Crippen molar-refractivity contribution in [3.8, 4) is 0 Å². The summed E-state index contributed by atoms with van der Waals surface area (Å²) in [5.74, 6) is -1.89. The number of fused-ring (bicyclic) bond motifs is 1. The molecule has 4 rings (SSSR count). The van der Waals surface area contributed by atoms with Gasteiger partial charge in [0.25, 0.3) is 5.91 Å². The number of rotatable bonds is 3. The van der Waals surface area contributed by atoms with E-state index in [4.69, 9.17) is 9.90 Å². The zero-order chi connectivity index (χ0) is 22.8. The van der Waals surface area contributed by atoms with Crippen LogP contribution in [0.5, 0.6) is 0 Å². The first-order valence-corrected chi connectivity index (χ1v) is 9.79. The molecular weight excluding hydrogens is 417 g/mol. The third-order valence-corrected chi connectivity index (χ3v) is 5.39. The zero-order valence-electron chi connectivity index (χ0n) is 17.1. The first-order chi connectivity index (χ1) is 14.6. The maximum absolute atomic E-state index is 12.8. The highest BCUT2D eigenvalue weighted by molar-refractivity contribution is 5.94. The van der Waals surface area contributed by atoms with Gasteiger partial charge in [-0.05, 0) is 24.8 Å². The largest absolute Gasteiger partial charge is 0.490 e. The third-order valence-electron chi connectivity index (χ3n) is 5.39. The number of nitrogens with zero attached hydrogens (tertiary/aromatic N) is 6. The van der Waals surface area contributed by atoms with Gasteiger partial charge in [-0.3, -0.25) is 9.48 Å². The van der Waals surface area contributed by atoms with Gasteiger partial charge < -0.3 is 14.9 Å². The van der Waals surface area contributed by atoms with Crippen LogP contribution < -0.4 is 4.90 Å². The number of carboxylic acid groups (broad SMARTS) is 1. The first-order valence-electron chi connectivity index (χ1n) is 9.79. The second kappa shape index (κ2) is 8.90. The van der Waals surface area contributed by atoms with Crippen molar-refractivity contribution in [3.05, 3.63) is 35.9 Å². The smallest absolute Gasteiger partial charge is 0.475 e. The van der Waals surface area contributed by atoms with Crippen molar-refractivity contribution in [2.24, 2.45) is 7.05 Å². The number of carbonyl (C=O) groups excluding carboxylic acids is 1. The lowest BCUT2D eigenvalue weighted by molar-refractivity contribution is -0.192. The van der Waals surface area contributed by atoms with Crippen LogP contribution in [0.1, 0.15) is 35.7 Å². The van der Waals surface area contributed by atoms with E-state index in [1.165, 1.54) is 0 Å². The Morgan fingerprint density at radius 2 is 1.74 bits per heavy atom. The first kappa shape index (κ1) is 22.5. The molecule has 9 nitrogen and oxygen atoms in total. The summed E-state index contributed by atoms with van der Waals surface area (Å²) < 4.78 is 33.4. The molecule has 168 valence electrons. The summed E-state index contributed by atoms with van der Waals surface area (Å²) in [4.78, 5) is 35.0. The Morgan fingerprint density at radius 1 is 1.13 bits per heavy atom. The molecule has 2 aliphatic heterocycles. The second-order valence-electron chi connectivity index (χ2n) is 7.35. The van der Waals surface area contributed by atoms with Crippen molar-refractivity contribution in [1.82, 2.24) is 24.6 Å². The molecule has 12 heteroatoms. The lowest BCUT2D eigenvalue weighted by Crippen LogP contribution is -2.40. The molecule has 4 heterocycles. The van der Waals surface area contributed by atoms with Gasteiger partial charge in [0.05, 0.1) is 23.8 Å². The molecule has 1 N–H and O–H groups in total. The number of halogens is 3. The van der Waals surface area contributed by atoms with Gasteiger partial charge in [-0.1, -0.05) is 6.92 Å². The maximum Gasteiger partial charge on any atom is 0.490 e. The van der Waals surface area contributed by atoms with Crippen LogP contribution in [0, 0.1) is 0 Å². The van der Waals surface area contributed by atoms with Crippen LogP contribution in [0.25, 0.3) is 0 Å². The molecule has 0 aromatic carbocycles. The summed E-state index contributed by atoms with van der Waals surface area (Å²) in [6.45, 7) is 3.79. The maximum atomic E-state index is 12.8. The predicted octanol–water partition coefficient (Wildman–Crippen LogP) is 1.90. The number of aliphatic carboxylic acids is 1. The summed E-state index contributed by atoms with van der Waals surface area (Å²) in [6.07, 6.45) is 5.04. The Hall–Kier alpha value is -3.18. The van der Waals surface area contributed by atoms with Crippen molar-refractivity contribution in [2.45, 2.75) is 44.4 Å². The van der Waals surface area contributed by atoms with Crippen molar-refractivity contribution in [1.29, 1.82) is 0 Å². The minimum Gasteiger partial charge on any atom is -0.475 e. The highest BCUT2D eigenvalue weighted by Crippen LogP contribution is 2.34. The molecule has 0 bridgehead atoms. The fourth-order valence-corrected chi connectivity index (χ4v) is 3.86. The van der Waals surface area contributed by atoms with Crippen molar-refractivity contribution >= 4 is 17.8 Å². The van der Waals surface area contributed by atoms with E-state index < -0.39 is 12.1 Å². The number of hydrogen-bond acceptors (Lipinski definition) is 6. The molecule has 2 fully saturated rings. The number of carbonyl (C=O) groups is 2. The van der Waals surface area contributed by atoms with Gasteiger partial charge in [-0.25, -0.2) is 14.8 Å². The lowest BCUT2D eigenvalue weighted by atomic mass is 10.1. The summed E-state index contributed by atoms with van der Waals surface area (Å²) in [6, 6.07) is 0.560. The van der Waals surface area contributed by atoms with Crippen LogP contribution in [-0.2, 0) is 18.3 Å². The normalized spacial score (nSPS) is 20.3. The molecule has 0 unspecified atom stereocenters. The van der Waals surface area contributed by atoms with Gasteiger partial charge >= 0.3 is 12.1 Å². The van der Waals surface area contributed by atoms with E-state index in [0.29, 0.717) is 11.6 Å². The number of anilines is 1. The fraction of sp³-hybridized carbons (Fsp3) is 0.526. The fourth-order valence-electron chi connectivity index (χ4n) is 3.86. The van der Waals surface area contributed by atoms with Crippen molar-refractivity contribution in [3.63, 3.8) is 0 Å². The minimum absolute atomic E-state index is 0.0831. The molecule has 1 amide bonds. The Labute approximate surface area is 176 Å². The van der Waals surface area contributed by atoms with E-state index in [-0.39, 0.29) is 11.9 Å². The van der Waals surface area contributed by atoms with Crippen LogP contribution >= 0.6 is 0 Å². The average molecular weight is 440 g/mol. The monoisotopic (exact) mass is 440 g/mol. The molecule has 0 aliphatic carbocycles. The van der Waals surface area contributed by atoms with E-state index in [1.807, 2.05) is 24.3 Å². The Balaban J connectivity index is 0.000000339.